The molecular formula is C15H31N3O. The molecule has 0 bridgehead atoms. The highest BCUT2D eigenvalue weighted by Gasteiger charge is 2.24. The van der Waals surface area contributed by atoms with Gasteiger partial charge in [-0.2, -0.15) is 0 Å². The first-order chi connectivity index (χ1) is 9.13. The molecule has 0 aromatic heterocycles. The lowest BCUT2D eigenvalue weighted by Crippen LogP contribution is -2.35. The van der Waals surface area contributed by atoms with Crippen molar-refractivity contribution in [2.75, 3.05) is 19.7 Å². The first-order valence-electron chi connectivity index (χ1n) is 7.78. The molecule has 0 amide bonds. The van der Waals surface area contributed by atoms with Crippen molar-refractivity contribution in [1.82, 2.24) is 5.32 Å². The van der Waals surface area contributed by atoms with Crippen LogP contribution in [0.3, 0.4) is 0 Å². The van der Waals surface area contributed by atoms with Crippen LogP contribution in [0.25, 0.3) is 0 Å². The van der Waals surface area contributed by atoms with E-state index in [4.69, 9.17) is 10.5 Å². The summed E-state index contributed by atoms with van der Waals surface area (Å²) in [7, 11) is 0. The molecule has 1 unspecified atom stereocenters. The second kappa shape index (κ2) is 9.18. The molecule has 4 heteroatoms. The summed E-state index contributed by atoms with van der Waals surface area (Å²) in [5.41, 5.74) is 5.83. The third kappa shape index (κ3) is 6.81. The molecule has 0 aromatic rings. The molecule has 19 heavy (non-hydrogen) atoms. The summed E-state index contributed by atoms with van der Waals surface area (Å²) in [6.45, 7) is 8.81. The topological polar surface area (TPSA) is 59.6 Å². The molecule has 1 rings (SSSR count). The fourth-order valence-corrected chi connectivity index (χ4v) is 2.68. The normalized spacial score (nSPS) is 19.1. The van der Waals surface area contributed by atoms with Gasteiger partial charge in [0.1, 0.15) is 0 Å². The van der Waals surface area contributed by atoms with Crippen LogP contribution in [-0.2, 0) is 4.74 Å². The number of ether oxygens (including phenoxy) is 1. The van der Waals surface area contributed by atoms with Crippen LogP contribution in [0.15, 0.2) is 4.99 Å². The summed E-state index contributed by atoms with van der Waals surface area (Å²) in [4.78, 5) is 4.31. The lowest BCUT2D eigenvalue weighted by atomic mass is 9.98. The van der Waals surface area contributed by atoms with E-state index in [0.717, 1.165) is 32.0 Å². The fraction of sp³-hybridized carbons (Fsp3) is 0.933. The van der Waals surface area contributed by atoms with Gasteiger partial charge < -0.3 is 15.8 Å². The number of rotatable bonds is 8. The maximum Gasteiger partial charge on any atom is 0.188 e. The zero-order chi connectivity index (χ0) is 14.1. The van der Waals surface area contributed by atoms with Crippen LogP contribution in [0.5, 0.6) is 0 Å². The Balaban J connectivity index is 2.25. The van der Waals surface area contributed by atoms with Gasteiger partial charge in [-0.1, -0.05) is 26.7 Å². The molecule has 0 radical (unpaired) electrons. The molecule has 1 saturated carbocycles. The van der Waals surface area contributed by atoms with Gasteiger partial charge in [0.2, 0.25) is 0 Å². The van der Waals surface area contributed by atoms with Crippen LogP contribution in [0, 0.1) is 11.8 Å². The van der Waals surface area contributed by atoms with E-state index < -0.39 is 0 Å². The quantitative estimate of drug-likeness (QED) is 0.526. The summed E-state index contributed by atoms with van der Waals surface area (Å²) in [6.07, 6.45) is 6.77. The standard InChI is InChI=1S/C15H31N3O/c1-4-19-14(13-7-5-6-8-13)9-10-17-15(16)18-11-12(2)3/h12-14H,4-11H2,1-3H3,(H3,16,17,18). The van der Waals surface area contributed by atoms with Gasteiger partial charge in [0.05, 0.1) is 6.10 Å². The zero-order valence-electron chi connectivity index (χ0n) is 12.8. The van der Waals surface area contributed by atoms with E-state index in [1.165, 1.54) is 25.7 Å². The van der Waals surface area contributed by atoms with E-state index in [1.54, 1.807) is 0 Å². The molecule has 1 aliphatic carbocycles. The van der Waals surface area contributed by atoms with Gasteiger partial charge in [-0.3, -0.25) is 4.99 Å². The zero-order valence-corrected chi connectivity index (χ0v) is 12.8. The molecule has 1 aliphatic rings. The highest BCUT2D eigenvalue weighted by Crippen LogP contribution is 2.30. The first kappa shape index (κ1) is 16.3. The van der Waals surface area contributed by atoms with Crippen molar-refractivity contribution in [2.24, 2.45) is 22.6 Å². The van der Waals surface area contributed by atoms with Crippen LogP contribution < -0.4 is 11.1 Å². The smallest absolute Gasteiger partial charge is 0.188 e. The molecule has 0 heterocycles. The summed E-state index contributed by atoms with van der Waals surface area (Å²) in [6, 6.07) is 0. The van der Waals surface area contributed by atoms with E-state index in [-0.39, 0.29) is 0 Å². The van der Waals surface area contributed by atoms with Crippen molar-refractivity contribution in [1.29, 1.82) is 0 Å². The summed E-state index contributed by atoms with van der Waals surface area (Å²) in [5, 5.41) is 3.20. The average Bonchev–Trinajstić information content (AvgIpc) is 2.89. The molecular weight excluding hydrogens is 238 g/mol. The number of nitrogens with two attached hydrogens (primary N) is 1. The lowest BCUT2D eigenvalue weighted by Gasteiger charge is -2.23. The Morgan fingerprint density at radius 2 is 2.05 bits per heavy atom. The van der Waals surface area contributed by atoms with E-state index in [1.807, 2.05) is 0 Å². The fourth-order valence-electron chi connectivity index (χ4n) is 2.68. The summed E-state index contributed by atoms with van der Waals surface area (Å²) in [5.74, 6) is 1.86. The minimum atomic E-state index is 0.387. The maximum atomic E-state index is 5.89. The predicted octanol–water partition coefficient (Wildman–Crippen LogP) is 2.53. The van der Waals surface area contributed by atoms with Crippen molar-refractivity contribution >= 4 is 5.96 Å². The van der Waals surface area contributed by atoms with Gasteiger partial charge in [-0.05, 0) is 38.0 Å². The monoisotopic (exact) mass is 269 g/mol. The van der Waals surface area contributed by atoms with E-state index >= 15 is 0 Å². The minimum absolute atomic E-state index is 0.387. The largest absolute Gasteiger partial charge is 0.378 e. The molecule has 0 aromatic carbocycles. The number of nitrogens with one attached hydrogen (secondary N) is 1. The number of aliphatic imine (C=N–C) groups is 1. The molecule has 1 atom stereocenters. The summed E-state index contributed by atoms with van der Waals surface area (Å²) >= 11 is 0. The second-order valence-electron chi connectivity index (χ2n) is 5.87. The minimum Gasteiger partial charge on any atom is -0.378 e. The maximum absolute atomic E-state index is 5.89. The third-order valence-electron chi connectivity index (χ3n) is 3.67. The SMILES string of the molecule is CCOC(CCNC(N)=NCC(C)C)C1CCCC1. The Kier molecular flexibility index (Phi) is 7.87. The Bertz CT molecular complexity index is 260. The molecule has 1 fully saturated rings. The van der Waals surface area contributed by atoms with Crippen LogP contribution in [0.2, 0.25) is 0 Å². The molecule has 3 N–H and O–H groups in total. The van der Waals surface area contributed by atoms with E-state index in [2.05, 4.69) is 31.1 Å². The Morgan fingerprint density at radius 3 is 2.63 bits per heavy atom. The molecule has 4 nitrogen and oxygen atoms in total. The van der Waals surface area contributed by atoms with E-state index in [0.29, 0.717) is 18.0 Å². The average molecular weight is 269 g/mol. The van der Waals surface area contributed by atoms with Gasteiger partial charge in [0.25, 0.3) is 0 Å². The predicted molar refractivity (Wildman–Crippen MR) is 81.3 cm³/mol. The Morgan fingerprint density at radius 1 is 1.37 bits per heavy atom. The van der Waals surface area contributed by atoms with E-state index in [9.17, 15) is 0 Å². The van der Waals surface area contributed by atoms with Gasteiger partial charge in [0.15, 0.2) is 5.96 Å². The first-order valence-corrected chi connectivity index (χ1v) is 7.78. The van der Waals surface area contributed by atoms with Crippen molar-refractivity contribution in [3.8, 4) is 0 Å². The summed E-state index contributed by atoms with van der Waals surface area (Å²) < 4.78 is 5.89. The highest BCUT2D eigenvalue weighted by molar-refractivity contribution is 5.77. The van der Waals surface area contributed by atoms with Gasteiger partial charge in [-0.25, -0.2) is 0 Å². The Labute approximate surface area is 118 Å². The van der Waals surface area contributed by atoms with Crippen LogP contribution in [-0.4, -0.2) is 31.8 Å². The lowest BCUT2D eigenvalue weighted by molar-refractivity contribution is 0.0170. The highest BCUT2D eigenvalue weighted by atomic mass is 16.5. The molecule has 0 saturated heterocycles. The van der Waals surface area contributed by atoms with Gasteiger partial charge in [0, 0.05) is 19.7 Å². The van der Waals surface area contributed by atoms with Gasteiger partial charge >= 0.3 is 0 Å². The van der Waals surface area contributed by atoms with Crippen molar-refractivity contribution in [2.45, 2.75) is 59.0 Å². The van der Waals surface area contributed by atoms with Crippen molar-refractivity contribution < 1.29 is 4.74 Å². The van der Waals surface area contributed by atoms with Crippen LogP contribution in [0.1, 0.15) is 52.9 Å². The molecule has 0 spiro atoms. The van der Waals surface area contributed by atoms with Crippen molar-refractivity contribution in [3.05, 3.63) is 0 Å². The molecule has 0 aliphatic heterocycles. The van der Waals surface area contributed by atoms with Gasteiger partial charge in [-0.15, -0.1) is 0 Å². The molecule has 112 valence electrons. The van der Waals surface area contributed by atoms with Crippen LogP contribution >= 0.6 is 0 Å². The Hall–Kier alpha value is -0.770. The third-order valence-corrected chi connectivity index (χ3v) is 3.67. The van der Waals surface area contributed by atoms with Crippen molar-refractivity contribution in [3.63, 3.8) is 0 Å². The number of guanidine groups is 1. The second-order valence-corrected chi connectivity index (χ2v) is 5.87. The number of hydrogen-bond acceptors (Lipinski definition) is 2. The number of hydrogen-bond donors (Lipinski definition) is 2. The van der Waals surface area contributed by atoms with Crippen LogP contribution in [0.4, 0.5) is 0 Å². The number of nitrogens with zero attached hydrogens (tertiary/aromatic N) is 1.